The van der Waals surface area contributed by atoms with Gasteiger partial charge in [-0.2, -0.15) is 0 Å². The van der Waals surface area contributed by atoms with Crippen molar-refractivity contribution in [3.8, 4) is 11.5 Å². The Kier molecular flexibility index (Phi) is 9.28. The highest BCUT2D eigenvalue weighted by Crippen LogP contribution is 2.28. The summed E-state index contributed by atoms with van der Waals surface area (Å²) < 4.78 is 16.0. The molecule has 1 aliphatic carbocycles. The van der Waals surface area contributed by atoms with Crippen molar-refractivity contribution in [1.82, 2.24) is 5.32 Å². The Morgan fingerprint density at radius 1 is 1.24 bits per heavy atom. The summed E-state index contributed by atoms with van der Waals surface area (Å²) in [5.41, 5.74) is 2.36. The highest BCUT2D eigenvalue weighted by molar-refractivity contribution is 5.83. The molecule has 158 valence electrons. The predicted molar refractivity (Wildman–Crippen MR) is 113 cm³/mol. The van der Waals surface area contributed by atoms with Crippen LogP contribution in [0.15, 0.2) is 35.9 Å². The number of esters is 1. The molecule has 1 N–H and O–H groups in total. The van der Waals surface area contributed by atoms with Gasteiger partial charge in [-0.3, -0.25) is 4.79 Å². The summed E-state index contributed by atoms with van der Waals surface area (Å²) in [5.74, 6) is 0.0528. The maximum atomic E-state index is 12.1. The summed E-state index contributed by atoms with van der Waals surface area (Å²) in [7, 11) is 1.54. The maximum Gasteiger partial charge on any atom is 0.344 e. The monoisotopic (exact) mass is 401 g/mol. The van der Waals surface area contributed by atoms with Crippen molar-refractivity contribution >= 4 is 18.0 Å². The second-order valence-electron chi connectivity index (χ2n) is 6.98. The standard InChI is InChI=1S/C23H31NO5/c1-4-8-19-11-12-20(21(15-19)27-3)28-16-22(25)29-17(2)23(26)24-14-13-18-9-6-5-7-10-18/h4,8-9,11-12,15,17H,5-7,10,13-14,16H2,1-3H3,(H,24,26)/b8-4+/t17-/m0/s1. The minimum atomic E-state index is -0.870. The topological polar surface area (TPSA) is 73.9 Å². The van der Waals surface area contributed by atoms with Crippen molar-refractivity contribution in [3.05, 3.63) is 41.5 Å². The number of benzene rings is 1. The van der Waals surface area contributed by atoms with Crippen LogP contribution < -0.4 is 14.8 Å². The molecule has 6 heteroatoms. The molecule has 29 heavy (non-hydrogen) atoms. The number of amides is 1. The van der Waals surface area contributed by atoms with E-state index in [1.54, 1.807) is 13.0 Å². The second kappa shape index (κ2) is 11.9. The van der Waals surface area contributed by atoms with E-state index >= 15 is 0 Å². The first-order chi connectivity index (χ1) is 14.0. The van der Waals surface area contributed by atoms with Crippen LogP contribution in [0.4, 0.5) is 0 Å². The van der Waals surface area contributed by atoms with E-state index in [2.05, 4.69) is 11.4 Å². The third kappa shape index (κ3) is 7.64. The summed E-state index contributed by atoms with van der Waals surface area (Å²) in [6.07, 6.45) is 10.8. The number of methoxy groups -OCH3 is 1. The predicted octanol–water partition coefficient (Wildman–Crippen LogP) is 4.05. The number of hydrogen-bond donors (Lipinski definition) is 1. The van der Waals surface area contributed by atoms with Crippen LogP contribution in [0.2, 0.25) is 0 Å². The Bertz CT molecular complexity index is 754. The number of hydrogen-bond acceptors (Lipinski definition) is 5. The van der Waals surface area contributed by atoms with Crippen molar-refractivity contribution in [1.29, 1.82) is 0 Å². The molecule has 1 aliphatic rings. The second-order valence-corrected chi connectivity index (χ2v) is 6.98. The number of allylic oxidation sites excluding steroid dienone is 2. The molecule has 0 saturated heterocycles. The first-order valence-corrected chi connectivity index (χ1v) is 10.1. The van der Waals surface area contributed by atoms with Gasteiger partial charge in [-0.15, -0.1) is 0 Å². The zero-order valence-corrected chi connectivity index (χ0v) is 17.5. The fourth-order valence-electron chi connectivity index (χ4n) is 3.14. The molecule has 0 unspecified atom stereocenters. The van der Waals surface area contributed by atoms with E-state index in [0.717, 1.165) is 24.8 Å². The Morgan fingerprint density at radius 2 is 2.07 bits per heavy atom. The smallest absolute Gasteiger partial charge is 0.344 e. The summed E-state index contributed by atoms with van der Waals surface area (Å²) >= 11 is 0. The molecule has 2 rings (SSSR count). The molecule has 1 aromatic rings. The number of carbonyl (C=O) groups excluding carboxylic acids is 2. The molecule has 0 aromatic heterocycles. The third-order valence-corrected chi connectivity index (χ3v) is 4.70. The van der Waals surface area contributed by atoms with Crippen molar-refractivity contribution in [3.63, 3.8) is 0 Å². The summed E-state index contributed by atoms with van der Waals surface area (Å²) in [4.78, 5) is 24.2. The molecule has 0 aliphatic heterocycles. The van der Waals surface area contributed by atoms with Gasteiger partial charge in [-0.1, -0.05) is 29.9 Å². The quantitative estimate of drug-likeness (QED) is 0.473. The number of carbonyl (C=O) groups is 2. The summed E-state index contributed by atoms with van der Waals surface area (Å²) in [6.45, 7) is 3.74. The van der Waals surface area contributed by atoms with E-state index < -0.39 is 12.1 Å². The van der Waals surface area contributed by atoms with Gasteiger partial charge in [0.25, 0.3) is 5.91 Å². The Balaban J connectivity index is 1.75. The average Bonchev–Trinajstić information content (AvgIpc) is 2.73. The zero-order chi connectivity index (χ0) is 21.1. The molecule has 0 fully saturated rings. The van der Waals surface area contributed by atoms with Crippen LogP contribution in [0.25, 0.3) is 6.08 Å². The Hall–Kier alpha value is -2.76. The van der Waals surface area contributed by atoms with Gasteiger partial charge in [-0.25, -0.2) is 4.79 Å². The van der Waals surface area contributed by atoms with Gasteiger partial charge in [0.2, 0.25) is 0 Å². The molecule has 1 amide bonds. The molecule has 0 saturated carbocycles. The lowest BCUT2D eigenvalue weighted by atomic mass is 9.97. The van der Waals surface area contributed by atoms with Gasteiger partial charge in [0, 0.05) is 6.54 Å². The van der Waals surface area contributed by atoms with Crippen LogP contribution >= 0.6 is 0 Å². The van der Waals surface area contributed by atoms with Crippen LogP contribution in [0.5, 0.6) is 11.5 Å². The van der Waals surface area contributed by atoms with Crippen molar-refractivity contribution in [2.45, 2.75) is 52.1 Å². The lowest BCUT2D eigenvalue weighted by Crippen LogP contribution is -2.37. The molecule has 0 spiro atoms. The maximum absolute atomic E-state index is 12.1. The zero-order valence-electron chi connectivity index (χ0n) is 17.5. The van der Waals surface area contributed by atoms with E-state index in [1.807, 2.05) is 31.2 Å². The highest BCUT2D eigenvalue weighted by Gasteiger charge is 2.18. The molecule has 1 aromatic carbocycles. The summed E-state index contributed by atoms with van der Waals surface area (Å²) in [5, 5.41) is 2.82. The van der Waals surface area contributed by atoms with Crippen molar-refractivity contribution < 1.29 is 23.8 Å². The average molecular weight is 402 g/mol. The van der Waals surface area contributed by atoms with Crippen molar-refractivity contribution in [2.24, 2.45) is 0 Å². The van der Waals surface area contributed by atoms with Crippen LogP contribution in [0.3, 0.4) is 0 Å². The minimum Gasteiger partial charge on any atom is -0.493 e. The SMILES string of the molecule is C/C=C/c1ccc(OCC(=O)O[C@@H](C)C(=O)NCCC2=CCCCC2)c(OC)c1. The van der Waals surface area contributed by atoms with Crippen molar-refractivity contribution in [2.75, 3.05) is 20.3 Å². The highest BCUT2D eigenvalue weighted by atomic mass is 16.6. The van der Waals surface area contributed by atoms with Gasteiger partial charge >= 0.3 is 5.97 Å². The number of nitrogens with one attached hydrogen (secondary N) is 1. The summed E-state index contributed by atoms with van der Waals surface area (Å²) in [6, 6.07) is 5.41. The Morgan fingerprint density at radius 3 is 2.76 bits per heavy atom. The number of rotatable bonds is 10. The third-order valence-electron chi connectivity index (χ3n) is 4.70. The van der Waals surface area contributed by atoms with E-state index in [-0.39, 0.29) is 12.5 Å². The normalized spacial score (nSPS) is 14.8. The lowest BCUT2D eigenvalue weighted by Gasteiger charge is -2.16. The van der Waals surface area contributed by atoms with Gasteiger partial charge in [0.05, 0.1) is 7.11 Å². The van der Waals surface area contributed by atoms with E-state index in [0.29, 0.717) is 18.0 Å². The molecule has 0 radical (unpaired) electrons. The molecule has 0 bridgehead atoms. The number of ether oxygens (including phenoxy) is 3. The largest absolute Gasteiger partial charge is 0.493 e. The fraction of sp³-hybridized carbons (Fsp3) is 0.478. The van der Waals surface area contributed by atoms with E-state index in [1.165, 1.54) is 25.5 Å². The van der Waals surface area contributed by atoms with Gasteiger partial charge < -0.3 is 19.5 Å². The molecule has 6 nitrogen and oxygen atoms in total. The van der Waals surface area contributed by atoms with Crippen LogP contribution in [-0.2, 0) is 14.3 Å². The molecule has 0 heterocycles. The van der Waals surface area contributed by atoms with Gasteiger partial charge in [-0.05, 0) is 63.6 Å². The minimum absolute atomic E-state index is 0.302. The molecule has 1 atom stereocenters. The molecular weight excluding hydrogens is 370 g/mol. The first kappa shape index (κ1) is 22.5. The van der Waals surface area contributed by atoms with Gasteiger partial charge in [0.1, 0.15) is 0 Å². The first-order valence-electron chi connectivity index (χ1n) is 10.1. The Labute approximate surface area is 172 Å². The molecular formula is C23H31NO5. The van der Waals surface area contributed by atoms with E-state index in [9.17, 15) is 9.59 Å². The van der Waals surface area contributed by atoms with E-state index in [4.69, 9.17) is 14.2 Å². The lowest BCUT2D eigenvalue weighted by molar-refractivity contribution is -0.156. The van der Waals surface area contributed by atoms with Crippen LogP contribution in [0, 0.1) is 0 Å². The van der Waals surface area contributed by atoms with Crippen LogP contribution in [-0.4, -0.2) is 38.2 Å². The van der Waals surface area contributed by atoms with Crippen LogP contribution in [0.1, 0.15) is 51.5 Å². The van der Waals surface area contributed by atoms with Gasteiger partial charge in [0.15, 0.2) is 24.2 Å². The fourth-order valence-corrected chi connectivity index (χ4v) is 3.14.